The zero-order valence-electron chi connectivity index (χ0n) is 11.5. The van der Waals surface area contributed by atoms with E-state index in [2.05, 4.69) is 35.4 Å². The van der Waals surface area contributed by atoms with Crippen molar-refractivity contribution in [1.82, 2.24) is 9.78 Å². The molecule has 1 heterocycles. The molecule has 0 aliphatic heterocycles. The van der Waals surface area contributed by atoms with Crippen molar-refractivity contribution in [3.8, 4) is 0 Å². The van der Waals surface area contributed by atoms with Gasteiger partial charge in [-0.1, -0.05) is 42.5 Å². The molecule has 0 aliphatic carbocycles. The van der Waals surface area contributed by atoms with Gasteiger partial charge < -0.3 is 5.11 Å². The van der Waals surface area contributed by atoms with E-state index in [-0.39, 0.29) is 6.10 Å². The van der Waals surface area contributed by atoms with Crippen molar-refractivity contribution >= 4 is 10.8 Å². The molecule has 0 amide bonds. The van der Waals surface area contributed by atoms with Crippen LogP contribution in [0.3, 0.4) is 0 Å². The summed E-state index contributed by atoms with van der Waals surface area (Å²) in [6.07, 6.45) is 4.69. The third-order valence-corrected chi connectivity index (χ3v) is 3.51. The number of fused-ring (bicyclic) bond motifs is 1. The number of aryl methyl sites for hydroxylation is 1. The van der Waals surface area contributed by atoms with Gasteiger partial charge in [-0.25, -0.2) is 0 Å². The SMILES string of the molecule is Cn1cc(CC(O)Cc2ccc3ccccc3c2)cn1. The van der Waals surface area contributed by atoms with Crippen LogP contribution in [0.25, 0.3) is 10.8 Å². The first-order valence-corrected chi connectivity index (χ1v) is 6.84. The van der Waals surface area contributed by atoms with Crippen molar-refractivity contribution in [2.45, 2.75) is 18.9 Å². The minimum atomic E-state index is -0.375. The van der Waals surface area contributed by atoms with Crippen LogP contribution in [0.1, 0.15) is 11.1 Å². The molecule has 0 spiro atoms. The number of hydrogen-bond acceptors (Lipinski definition) is 2. The number of aliphatic hydroxyl groups is 1. The molecule has 3 aromatic rings. The summed E-state index contributed by atoms with van der Waals surface area (Å²) in [5.74, 6) is 0. The maximum atomic E-state index is 10.2. The Kier molecular flexibility index (Phi) is 3.52. The average molecular weight is 266 g/mol. The minimum Gasteiger partial charge on any atom is -0.392 e. The molecule has 0 bridgehead atoms. The van der Waals surface area contributed by atoms with Gasteiger partial charge in [0.15, 0.2) is 0 Å². The molecule has 20 heavy (non-hydrogen) atoms. The second kappa shape index (κ2) is 5.47. The zero-order chi connectivity index (χ0) is 13.9. The fraction of sp³-hybridized carbons (Fsp3) is 0.235. The van der Waals surface area contributed by atoms with Crippen LogP contribution in [0, 0.1) is 0 Å². The maximum absolute atomic E-state index is 10.2. The zero-order valence-corrected chi connectivity index (χ0v) is 11.5. The molecule has 0 radical (unpaired) electrons. The number of rotatable bonds is 4. The largest absolute Gasteiger partial charge is 0.392 e. The number of benzene rings is 2. The highest BCUT2D eigenvalue weighted by Gasteiger charge is 2.08. The van der Waals surface area contributed by atoms with E-state index in [0.717, 1.165) is 5.56 Å². The van der Waals surface area contributed by atoms with Crippen LogP contribution in [-0.4, -0.2) is 21.0 Å². The van der Waals surface area contributed by atoms with E-state index in [1.165, 1.54) is 16.3 Å². The van der Waals surface area contributed by atoms with Crippen LogP contribution < -0.4 is 0 Å². The summed E-state index contributed by atoms with van der Waals surface area (Å²) in [5.41, 5.74) is 2.24. The van der Waals surface area contributed by atoms with Crippen molar-refractivity contribution in [3.05, 3.63) is 66.0 Å². The van der Waals surface area contributed by atoms with Gasteiger partial charge in [0.05, 0.1) is 12.3 Å². The van der Waals surface area contributed by atoms with Gasteiger partial charge in [0.25, 0.3) is 0 Å². The Balaban J connectivity index is 1.72. The van der Waals surface area contributed by atoms with Crippen LogP contribution in [0.15, 0.2) is 54.9 Å². The summed E-state index contributed by atoms with van der Waals surface area (Å²) in [6, 6.07) is 14.6. The number of nitrogens with zero attached hydrogens (tertiary/aromatic N) is 2. The molecule has 1 unspecified atom stereocenters. The first-order valence-electron chi connectivity index (χ1n) is 6.84. The quantitative estimate of drug-likeness (QED) is 0.788. The molecule has 1 atom stereocenters. The van der Waals surface area contributed by atoms with Crippen LogP contribution in [0.2, 0.25) is 0 Å². The summed E-state index contributed by atoms with van der Waals surface area (Å²) in [5, 5.41) is 16.8. The van der Waals surface area contributed by atoms with Gasteiger partial charge >= 0.3 is 0 Å². The smallest absolute Gasteiger partial charge is 0.0622 e. The van der Waals surface area contributed by atoms with Gasteiger partial charge in [0, 0.05) is 19.7 Å². The third kappa shape index (κ3) is 2.89. The highest BCUT2D eigenvalue weighted by molar-refractivity contribution is 5.82. The van der Waals surface area contributed by atoms with Crippen molar-refractivity contribution in [1.29, 1.82) is 0 Å². The summed E-state index contributed by atoms with van der Waals surface area (Å²) < 4.78 is 1.76. The van der Waals surface area contributed by atoms with E-state index in [4.69, 9.17) is 0 Å². The standard InChI is InChI=1S/C17H18N2O/c1-19-12-14(11-18-19)10-17(20)9-13-6-7-15-4-2-3-5-16(15)8-13/h2-8,11-12,17,20H,9-10H2,1H3. The molecule has 102 valence electrons. The van der Waals surface area contributed by atoms with Crippen LogP contribution in [0.5, 0.6) is 0 Å². The Morgan fingerprint density at radius 3 is 2.55 bits per heavy atom. The highest BCUT2D eigenvalue weighted by atomic mass is 16.3. The van der Waals surface area contributed by atoms with Crippen molar-refractivity contribution in [2.24, 2.45) is 7.05 Å². The first-order chi connectivity index (χ1) is 9.70. The van der Waals surface area contributed by atoms with Gasteiger partial charge in [-0.2, -0.15) is 5.10 Å². The van der Waals surface area contributed by atoms with Gasteiger partial charge in [0.1, 0.15) is 0 Å². The van der Waals surface area contributed by atoms with E-state index in [1.807, 2.05) is 31.6 Å². The summed E-state index contributed by atoms with van der Waals surface area (Å²) in [7, 11) is 1.89. The molecule has 0 fully saturated rings. The lowest BCUT2D eigenvalue weighted by atomic mass is 10.0. The molecule has 0 saturated heterocycles. The number of aromatic nitrogens is 2. The molecule has 2 aromatic carbocycles. The monoisotopic (exact) mass is 266 g/mol. The van der Waals surface area contributed by atoms with E-state index in [1.54, 1.807) is 4.68 Å². The fourth-order valence-electron chi connectivity index (χ4n) is 2.56. The Morgan fingerprint density at radius 2 is 1.80 bits per heavy atom. The lowest BCUT2D eigenvalue weighted by molar-refractivity contribution is 0.175. The van der Waals surface area contributed by atoms with Crippen LogP contribution >= 0.6 is 0 Å². The summed E-state index contributed by atoms with van der Waals surface area (Å²) >= 11 is 0. The Morgan fingerprint density at radius 1 is 1.05 bits per heavy atom. The predicted molar refractivity (Wildman–Crippen MR) is 80.6 cm³/mol. The van der Waals surface area contributed by atoms with E-state index in [0.29, 0.717) is 12.8 Å². The molecule has 1 N–H and O–H groups in total. The minimum absolute atomic E-state index is 0.375. The predicted octanol–water partition coefficient (Wildman–Crippen LogP) is 2.72. The molecule has 3 nitrogen and oxygen atoms in total. The second-order valence-electron chi connectivity index (χ2n) is 5.27. The van der Waals surface area contributed by atoms with Gasteiger partial charge in [-0.15, -0.1) is 0 Å². The molecule has 3 heteroatoms. The van der Waals surface area contributed by atoms with E-state index < -0.39 is 0 Å². The molecular formula is C17H18N2O. The molecule has 0 aliphatic rings. The molecule has 3 rings (SSSR count). The maximum Gasteiger partial charge on any atom is 0.0622 e. The Labute approximate surface area is 118 Å². The topological polar surface area (TPSA) is 38.0 Å². The van der Waals surface area contributed by atoms with E-state index >= 15 is 0 Å². The van der Waals surface area contributed by atoms with Crippen molar-refractivity contribution in [3.63, 3.8) is 0 Å². The molecular weight excluding hydrogens is 248 g/mol. The second-order valence-corrected chi connectivity index (χ2v) is 5.27. The van der Waals surface area contributed by atoms with Gasteiger partial charge in [0.2, 0.25) is 0 Å². The third-order valence-electron chi connectivity index (χ3n) is 3.51. The molecule has 0 saturated carbocycles. The average Bonchev–Trinajstić information content (AvgIpc) is 2.83. The highest BCUT2D eigenvalue weighted by Crippen LogP contribution is 2.17. The van der Waals surface area contributed by atoms with Crippen LogP contribution in [-0.2, 0) is 19.9 Å². The fourth-order valence-corrected chi connectivity index (χ4v) is 2.56. The van der Waals surface area contributed by atoms with E-state index in [9.17, 15) is 5.11 Å². The number of aliphatic hydroxyl groups excluding tert-OH is 1. The van der Waals surface area contributed by atoms with Gasteiger partial charge in [-0.05, 0) is 28.3 Å². The Hall–Kier alpha value is -2.13. The van der Waals surface area contributed by atoms with Crippen LogP contribution in [0.4, 0.5) is 0 Å². The van der Waals surface area contributed by atoms with Gasteiger partial charge in [-0.3, -0.25) is 4.68 Å². The Bertz CT molecular complexity index is 718. The number of hydrogen-bond donors (Lipinski definition) is 1. The molecule has 1 aromatic heterocycles. The summed E-state index contributed by atoms with van der Waals surface area (Å²) in [4.78, 5) is 0. The van der Waals surface area contributed by atoms with Crippen molar-refractivity contribution < 1.29 is 5.11 Å². The first kappa shape index (κ1) is 12.9. The summed E-state index contributed by atoms with van der Waals surface area (Å²) in [6.45, 7) is 0. The lowest BCUT2D eigenvalue weighted by Gasteiger charge is -2.10. The van der Waals surface area contributed by atoms with Crippen molar-refractivity contribution in [2.75, 3.05) is 0 Å². The normalized spacial score (nSPS) is 12.7. The lowest BCUT2D eigenvalue weighted by Crippen LogP contribution is -2.13.